The molecule has 6 rings (SSSR count). The first kappa shape index (κ1) is 21.1. The fraction of sp³-hybridized carbons (Fsp3) is 0.680. The number of nitrogens with zero attached hydrogens (tertiary/aromatic N) is 6. The minimum absolute atomic E-state index is 0.296. The second-order valence-electron chi connectivity index (χ2n) is 10.2. The highest BCUT2D eigenvalue weighted by atomic mass is 16.5. The molecule has 3 aliphatic heterocycles. The minimum atomic E-state index is 0.296. The standard InChI is InChI=1S/C25H34N6O2/c1-33-23-11-10-22-27-26-21(31(22)28-23)8-4-9-24(32)30-13-5-6-17-14-18-15-19(25(17)30)16-29-12-3-2-7-20(18)29/h10-11,14,18-20,25H,2-9,12-13,15-16H2,1H3/t18-,19+,20+,25+/m0/s1. The van der Waals surface area contributed by atoms with Crippen molar-refractivity contribution >= 4 is 11.6 Å². The lowest BCUT2D eigenvalue weighted by Gasteiger charge is -2.54. The van der Waals surface area contributed by atoms with Gasteiger partial charge < -0.3 is 9.64 Å². The number of hydrogen-bond donors (Lipinski definition) is 0. The van der Waals surface area contributed by atoms with E-state index in [-0.39, 0.29) is 0 Å². The molecule has 0 spiro atoms. The number of aryl methyl sites for hydroxylation is 1. The fourth-order valence-electron chi connectivity index (χ4n) is 6.88. The number of amides is 1. The molecule has 1 amide bonds. The minimum Gasteiger partial charge on any atom is -0.480 e. The van der Waals surface area contributed by atoms with Crippen molar-refractivity contribution in [2.75, 3.05) is 26.7 Å². The fourth-order valence-corrected chi connectivity index (χ4v) is 6.88. The lowest BCUT2D eigenvalue weighted by Crippen LogP contribution is -2.60. The summed E-state index contributed by atoms with van der Waals surface area (Å²) in [6.45, 7) is 3.32. The number of hydrogen-bond acceptors (Lipinski definition) is 6. The Labute approximate surface area is 195 Å². The number of likely N-dealkylation sites (tertiary alicyclic amines) is 1. The van der Waals surface area contributed by atoms with Crippen molar-refractivity contribution in [3.05, 3.63) is 29.6 Å². The van der Waals surface area contributed by atoms with Crippen molar-refractivity contribution in [2.45, 2.75) is 69.9 Å². The van der Waals surface area contributed by atoms with Gasteiger partial charge in [-0.25, -0.2) is 0 Å². The Morgan fingerprint density at radius 2 is 2.12 bits per heavy atom. The van der Waals surface area contributed by atoms with Gasteiger partial charge in [0.15, 0.2) is 11.5 Å². The SMILES string of the molecule is COc1ccc2nnc(CCCC(=O)N3CCCC4=C[C@H]5C[C@H](CN6CCCC[C@H]56)[C@@H]43)n2n1. The van der Waals surface area contributed by atoms with Crippen molar-refractivity contribution in [2.24, 2.45) is 11.8 Å². The highest BCUT2D eigenvalue weighted by molar-refractivity contribution is 5.77. The number of rotatable bonds is 5. The summed E-state index contributed by atoms with van der Waals surface area (Å²) in [6.07, 6.45) is 12.2. The van der Waals surface area contributed by atoms with E-state index in [1.165, 1.54) is 45.2 Å². The Morgan fingerprint density at radius 1 is 1.18 bits per heavy atom. The average molecular weight is 451 g/mol. The van der Waals surface area contributed by atoms with Gasteiger partial charge >= 0.3 is 0 Å². The number of carbonyl (C=O) groups is 1. The number of carbonyl (C=O) groups excluding carboxylic acids is 1. The normalized spacial score (nSPS) is 29.4. The molecule has 1 aliphatic carbocycles. The Hall–Kier alpha value is -2.48. The molecule has 33 heavy (non-hydrogen) atoms. The maximum Gasteiger partial charge on any atom is 0.231 e. The van der Waals surface area contributed by atoms with E-state index in [2.05, 4.69) is 31.2 Å². The summed E-state index contributed by atoms with van der Waals surface area (Å²) in [5, 5.41) is 12.9. The Balaban J connectivity index is 1.13. The van der Waals surface area contributed by atoms with Crippen molar-refractivity contribution < 1.29 is 9.53 Å². The molecule has 2 aromatic heterocycles. The van der Waals surface area contributed by atoms with Crippen LogP contribution in [0.1, 0.15) is 57.2 Å². The summed E-state index contributed by atoms with van der Waals surface area (Å²) in [5.41, 5.74) is 2.26. The van der Waals surface area contributed by atoms with E-state index in [1.807, 2.05) is 6.07 Å². The molecule has 4 aliphatic rings. The second kappa shape index (κ2) is 8.70. The van der Waals surface area contributed by atoms with Gasteiger partial charge in [0.2, 0.25) is 11.8 Å². The lowest BCUT2D eigenvalue weighted by molar-refractivity contribution is -0.136. The predicted molar refractivity (Wildman–Crippen MR) is 124 cm³/mol. The molecule has 8 nitrogen and oxygen atoms in total. The number of ether oxygens (including phenoxy) is 1. The first-order chi connectivity index (χ1) is 16.2. The summed E-state index contributed by atoms with van der Waals surface area (Å²) in [4.78, 5) is 18.4. The van der Waals surface area contributed by atoms with Crippen LogP contribution in [0.4, 0.5) is 0 Å². The van der Waals surface area contributed by atoms with Crippen LogP contribution in [0.25, 0.3) is 5.65 Å². The Bertz CT molecular complexity index is 1060. The molecule has 8 heteroatoms. The third-order valence-electron chi connectivity index (χ3n) is 8.28. The van der Waals surface area contributed by atoms with Gasteiger partial charge in [-0.15, -0.1) is 15.3 Å². The predicted octanol–water partition coefficient (Wildman–Crippen LogP) is 2.88. The summed E-state index contributed by atoms with van der Waals surface area (Å²) in [7, 11) is 1.60. The van der Waals surface area contributed by atoms with Gasteiger partial charge in [-0.2, -0.15) is 4.52 Å². The number of methoxy groups -OCH3 is 1. The van der Waals surface area contributed by atoms with Crippen molar-refractivity contribution in [1.82, 2.24) is 29.6 Å². The van der Waals surface area contributed by atoms with Gasteiger partial charge in [-0.1, -0.05) is 18.1 Å². The van der Waals surface area contributed by atoms with E-state index in [9.17, 15) is 4.79 Å². The van der Waals surface area contributed by atoms with E-state index < -0.39 is 0 Å². The van der Waals surface area contributed by atoms with Gasteiger partial charge in [0.05, 0.1) is 13.2 Å². The van der Waals surface area contributed by atoms with E-state index in [4.69, 9.17) is 4.74 Å². The molecule has 0 radical (unpaired) electrons. The van der Waals surface area contributed by atoms with Crippen LogP contribution < -0.4 is 4.74 Å². The van der Waals surface area contributed by atoms with Crippen LogP contribution in [0, 0.1) is 11.8 Å². The van der Waals surface area contributed by atoms with Crippen molar-refractivity contribution in [1.29, 1.82) is 0 Å². The summed E-state index contributed by atoms with van der Waals surface area (Å²) in [5.74, 6) is 2.91. The van der Waals surface area contributed by atoms with Crippen LogP contribution in [-0.4, -0.2) is 74.3 Å². The molecular formula is C25H34N6O2. The largest absolute Gasteiger partial charge is 0.480 e. The average Bonchev–Trinajstić information content (AvgIpc) is 3.25. The lowest BCUT2D eigenvalue weighted by atomic mass is 9.68. The van der Waals surface area contributed by atoms with Crippen molar-refractivity contribution in [3.8, 4) is 5.88 Å². The summed E-state index contributed by atoms with van der Waals surface area (Å²) < 4.78 is 6.95. The maximum atomic E-state index is 13.4. The molecule has 3 saturated heterocycles. The molecular weight excluding hydrogens is 416 g/mol. The Kier molecular flexibility index (Phi) is 5.56. The number of aromatic nitrogens is 4. The first-order valence-corrected chi connectivity index (χ1v) is 12.7. The molecule has 0 N–H and O–H groups in total. The van der Waals surface area contributed by atoms with E-state index in [1.54, 1.807) is 23.3 Å². The van der Waals surface area contributed by atoms with Crippen molar-refractivity contribution in [3.63, 3.8) is 0 Å². The van der Waals surface area contributed by atoms with Crippen LogP contribution in [-0.2, 0) is 11.2 Å². The summed E-state index contributed by atoms with van der Waals surface area (Å²) >= 11 is 0. The van der Waals surface area contributed by atoms with E-state index >= 15 is 0 Å². The number of fused-ring (bicyclic) bond motifs is 7. The number of piperidine rings is 3. The molecule has 2 aromatic rings. The van der Waals surface area contributed by atoms with Gasteiger partial charge in [-0.3, -0.25) is 9.69 Å². The Morgan fingerprint density at radius 3 is 3.03 bits per heavy atom. The zero-order valence-electron chi connectivity index (χ0n) is 19.5. The molecule has 0 aromatic carbocycles. The first-order valence-electron chi connectivity index (χ1n) is 12.7. The monoisotopic (exact) mass is 450 g/mol. The zero-order valence-corrected chi connectivity index (χ0v) is 19.5. The van der Waals surface area contributed by atoms with Gasteiger partial charge in [-0.05, 0) is 63.0 Å². The van der Waals surface area contributed by atoms with Crippen LogP contribution in [0.5, 0.6) is 5.88 Å². The maximum absolute atomic E-state index is 13.4. The van der Waals surface area contributed by atoms with E-state index in [0.29, 0.717) is 48.2 Å². The third kappa shape index (κ3) is 3.82. The summed E-state index contributed by atoms with van der Waals surface area (Å²) in [6, 6.07) is 4.71. The van der Waals surface area contributed by atoms with Gasteiger partial charge in [0.25, 0.3) is 0 Å². The molecule has 4 atom stereocenters. The van der Waals surface area contributed by atoms with Crippen LogP contribution in [0.15, 0.2) is 23.8 Å². The smallest absolute Gasteiger partial charge is 0.231 e. The van der Waals surface area contributed by atoms with Gasteiger partial charge in [0, 0.05) is 38.0 Å². The molecule has 176 valence electrons. The molecule has 2 bridgehead atoms. The quantitative estimate of drug-likeness (QED) is 0.652. The van der Waals surface area contributed by atoms with Crippen LogP contribution >= 0.6 is 0 Å². The topological polar surface area (TPSA) is 75.9 Å². The highest BCUT2D eigenvalue weighted by Gasteiger charge is 2.46. The molecule has 0 saturated carbocycles. The molecule has 3 fully saturated rings. The van der Waals surface area contributed by atoms with Crippen LogP contribution in [0.3, 0.4) is 0 Å². The van der Waals surface area contributed by atoms with E-state index in [0.717, 1.165) is 31.3 Å². The molecule has 5 heterocycles. The second-order valence-corrected chi connectivity index (χ2v) is 10.2. The molecule has 0 unspecified atom stereocenters. The van der Waals surface area contributed by atoms with Crippen LogP contribution in [0.2, 0.25) is 0 Å². The third-order valence-corrected chi connectivity index (χ3v) is 8.28. The van der Waals surface area contributed by atoms with Gasteiger partial charge in [0.1, 0.15) is 0 Å². The zero-order chi connectivity index (χ0) is 22.4. The highest BCUT2D eigenvalue weighted by Crippen LogP contribution is 2.45.